The molecule has 0 aliphatic rings. The summed E-state index contributed by atoms with van der Waals surface area (Å²) in [6, 6.07) is 36.2. The number of methoxy groups -OCH3 is 1. The van der Waals surface area contributed by atoms with Crippen molar-refractivity contribution >= 4 is 29.4 Å². The average Bonchev–Trinajstić information content (AvgIpc) is 3.65. The van der Waals surface area contributed by atoms with Gasteiger partial charge in [0.2, 0.25) is 5.91 Å². The fourth-order valence-electron chi connectivity index (χ4n) is 5.02. The normalized spacial score (nSPS) is 11.5. The first-order valence-electron chi connectivity index (χ1n) is 15.3. The van der Waals surface area contributed by atoms with Gasteiger partial charge in [-0.1, -0.05) is 84.9 Å². The van der Waals surface area contributed by atoms with Gasteiger partial charge in [-0.2, -0.15) is 0 Å². The Morgan fingerprint density at radius 1 is 0.809 bits per heavy atom. The highest BCUT2D eigenvalue weighted by atomic mass is 16.5. The van der Waals surface area contributed by atoms with Gasteiger partial charge in [0.05, 0.1) is 19.9 Å². The van der Waals surface area contributed by atoms with Gasteiger partial charge in [0.15, 0.2) is 5.78 Å². The van der Waals surface area contributed by atoms with Crippen LogP contribution in [0.5, 0.6) is 5.75 Å². The number of ketones is 1. The summed E-state index contributed by atoms with van der Waals surface area (Å²) < 4.78 is 16.4. The lowest BCUT2D eigenvalue weighted by Crippen LogP contribution is -2.33. The van der Waals surface area contributed by atoms with E-state index in [9.17, 15) is 14.4 Å². The zero-order valence-electron chi connectivity index (χ0n) is 26.1. The molecule has 1 N–H and O–H groups in total. The molecule has 1 heterocycles. The van der Waals surface area contributed by atoms with Crippen LogP contribution < -0.4 is 10.1 Å². The third-order valence-electron chi connectivity index (χ3n) is 7.48. The predicted octanol–water partition coefficient (Wildman–Crippen LogP) is 6.83. The van der Waals surface area contributed by atoms with E-state index >= 15 is 0 Å². The molecule has 5 aromatic rings. The van der Waals surface area contributed by atoms with E-state index in [1.54, 1.807) is 59.7 Å². The first-order chi connectivity index (χ1) is 23.0. The summed E-state index contributed by atoms with van der Waals surface area (Å²) >= 11 is 0. The first-order valence-corrected chi connectivity index (χ1v) is 15.3. The van der Waals surface area contributed by atoms with Gasteiger partial charge in [-0.3, -0.25) is 9.59 Å². The molecular weight excluding hydrogens is 592 g/mol. The molecule has 238 valence electrons. The van der Waals surface area contributed by atoms with Crippen molar-refractivity contribution in [1.82, 2.24) is 4.90 Å². The van der Waals surface area contributed by atoms with E-state index in [2.05, 4.69) is 5.32 Å². The largest absolute Gasteiger partial charge is 0.492 e. The van der Waals surface area contributed by atoms with Crippen LogP contribution in [0.1, 0.15) is 32.8 Å². The van der Waals surface area contributed by atoms with E-state index in [1.165, 1.54) is 13.2 Å². The third-order valence-corrected chi connectivity index (χ3v) is 7.48. The summed E-state index contributed by atoms with van der Waals surface area (Å²) in [5, 5.41) is 3.23. The number of anilines is 1. The Balaban J connectivity index is 1.21. The molecule has 4 aromatic carbocycles. The van der Waals surface area contributed by atoms with Crippen molar-refractivity contribution in [2.45, 2.75) is 19.0 Å². The number of furan rings is 1. The molecule has 5 rings (SSSR count). The number of hydrogen-bond donors (Lipinski definition) is 1. The van der Waals surface area contributed by atoms with Crippen LogP contribution in [0.2, 0.25) is 0 Å². The highest BCUT2D eigenvalue weighted by Crippen LogP contribution is 2.22. The van der Waals surface area contributed by atoms with Crippen LogP contribution in [0.15, 0.2) is 138 Å². The van der Waals surface area contributed by atoms with Gasteiger partial charge in [-0.05, 0) is 53.6 Å². The van der Waals surface area contributed by atoms with Crippen LogP contribution in [0.25, 0.3) is 6.08 Å². The van der Waals surface area contributed by atoms with Gasteiger partial charge in [-0.15, -0.1) is 0 Å². The Labute approximate surface area is 274 Å². The summed E-state index contributed by atoms with van der Waals surface area (Å²) in [7, 11) is 1.34. The lowest BCUT2D eigenvalue weighted by Gasteiger charge is -2.22. The number of rotatable bonds is 15. The van der Waals surface area contributed by atoms with Gasteiger partial charge in [0.25, 0.3) is 0 Å². The number of carbonyl (C=O) groups excluding carboxylic acids is 3. The Bertz CT molecular complexity index is 1770. The maximum absolute atomic E-state index is 13.2. The molecule has 1 unspecified atom stereocenters. The van der Waals surface area contributed by atoms with Crippen molar-refractivity contribution in [3.63, 3.8) is 0 Å². The number of para-hydroxylation sites is 1. The van der Waals surface area contributed by atoms with Gasteiger partial charge < -0.3 is 24.1 Å². The van der Waals surface area contributed by atoms with Crippen molar-refractivity contribution in [2.24, 2.45) is 0 Å². The number of carbonyl (C=O) groups is 3. The van der Waals surface area contributed by atoms with Crippen LogP contribution in [0, 0.1) is 0 Å². The maximum Gasteiger partial charge on any atom is 0.328 e. The lowest BCUT2D eigenvalue weighted by atomic mass is 10.00. The second kappa shape index (κ2) is 16.4. The smallest absolute Gasteiger partial charge is 0.328 e. The topological polar surface area (TPSA) is 98.1 Å². The Morgan fingerprint density at radius 2 is 1.51 bits per heavy atom. The van der Waals surface area contributed by atoms with Crippen molar-refractivity contribution in [2.75, 3.05) is 25.6 Å². The van der Waals surface area contributed by atoms with Gasteiger partial charge >= 0.3 is 5.97 Å². The second-order valence-electron chi connectivity index (χ2n) is 10.8. The molecule has 0 aliphatic heterocycles. The van der Waals surface area contributed by atoms with E-state index in [-0.39, 0.29) is 18.3 Å². The van der Waals surface area contributed by atoms with Gasteiger partial charge in [0, 0.05) is 35.9 Å². The fraction of sp³-hybridized carbons (Fsp3) is 0.154. The third kappa shape index (κ3) is 9.31. The Kier molecular flexibility index (Phi) is 11.4. The summed E-state index contributed by atoms with van der Waals surface area (Å²) in [6.45, 7) is 1.09. The van der Waals surface area contributed by atoms with Crippen molar-refractivity contribution in [3.05, 3.63) is 162 Å². The van der Waals surface area contributed by atoms with Crippen LogP contribution in [0.4, 0.5) is 5.69 Å². The van der Waals surface area contributed by atoms with Crippen molar-refractivity contribution in [3.8, 4) is 5.75 Å². The molecule has 0 fully saturated rings. The number of amides is 1. The number of esters is 1. The highest BCUT2D eigenvalue weighted by Gasteiger charge is 2.23. The minimum absolute atomic E-state index is 0.142. The average molecular weight is 629 g/mol. The lowest BCUT2D eigenvalue weighted by molar-refractivity contribution is -0.141. The van der Waals surface area contributed by atoms with Crippen molar-refractivity contribution in [1.29, 1.82) is 0 Å². The number of hydrogen-bond acceptors (Lipinski definition) is 7. The fourth-order valence-corrected chi connectivity index (χ4v) is 5.02. The molecule has 1 amide bonds. The molecule has 8 nitrogen and oxygen atoms in total. The summed E-state index contributed by atoms with van der Waals surface area (Å²) in [5.74, 6) is 0.489. The summed E-state index contributed by atoms with van der Waals surface area (Å²) in [5.41, 5.74) is 3.45. The monoisotopic (exact) mass is 628 g/mol. The molecule has 0 spiro atoms. The highest BCUT2D eigenvalue weighted by molar-refractivity contribution is 6.12. The molecule has 47 heavy (non-hydrogen) atoms. The van der Waals surface area contributed by atoms with Gasteiger partial charge in [-0.25, -0.2) is 4.79 Å². The van der Waals surface area contributed by atoms with E-state index in [0.29, 0.717) is 47.8 Å². The number of benzene rings is 4. The number of nitrogens with zero attached hydrogens (tertiary/aromatic N) is 1. The van der Waals surface area contributed by atoms with E-state index in [1.807, 2.05) is 78.9 Å². The first kappa shape index (κ1) is 32.5. The van der Waals surface area contributed by atoms with E-state index in [4.69, 9.17) is 13.9 Å². The zero-order valence-corrected chi connectivity index (χ0v) is 26.1. The molecule has 8 heteroatoms. The molecule has 0 saturated carbocycles. The maximum atomic E-state index is 13.2. The minimum Gasteiger partial charge on any atom is -0.492 e. The second-order valence-corrected chi connectivity index (χ2v) is 10.8. The molecule has 0 saturated heterocycles. The Hall–Kier alpha value is -5.89. The standard InChI is InChI=1S/C39H36N2O6/c1-45-39(44)36(40-35-17-9-8-16-34(35)38(43)31-13-6-3-7-14-31)27-29-18-20-33(21-19-29)47-26-24-41(28-30-11-4-2-5-12-30)37(42)23-22-32-15-10-25-46-32/h2-23,25,36,40H,24,26-28H2,1H3. The van der Waals surface area contributed by atoms with Crippen LogP contribution in [0.3, 0.4) is 0 Å². The van der Waals surface area contributed by atoms with Crippen molar-refractivity contribution < 1.29 is 28.3 Å². The van der Waals surface area contributed by atoms with Crippen LogP contribution in [-0.4, -0.2) is 48.9 Å². The number of nitrogens with one attached hydrogen (secondary N) is 1. The minimum atomic E-state index is -0.733. The quantitative estimate of drug-likeness (QED) is 0.0771. The molecule has 0 bridgehead atoms. The molecule has 1 aromatic heterocycles. The zero-order chi connectivity index (χ0) is 32.8. The predicted molar refractivity (Wildman–Crippen MR) is 181 cm³/mol. The summed E-state index contributed by atoms with van der Waals surface area (Å²) in [6.07, 6.45) is 5.03. The van der Waals surface area contributed by atoms with E-state index < -0.39 is 12.0 Å². The Morgan fingerprint density at radius 3 is 2.21 bits per heavy atom. The molecular formula is C39H36N2O6. The van der Waals surface area contributed by atoms with Gasteiger partial charge in [0.1, 0.15) is 24.2 Å². The molecule has 0 radical (unpaired) electrons. The molecule has 0 aliphatic carbocycles. The van der Waals surface area contributed by atoms with Crippen LogP contribution in [-0.2, 0) is 27.3 Å². The number of ether oxygens (including phenoxy) is 2. The SMILES string of the molecule is COC(=O)C(Cc1ccc(OCCN(Cc2ccccc2)C(=O)C=Cc2ccco2)cc1)Nc1ccccc1C(=O)c1ccccc1. The van der Waals surface area contributed by atoms with Crippen LogP contribution >= 0.6 is 0 Å². The van der Waals surface area contributed by atoms with E-state index in [0.717, 1.165) is 11.1 Å². The molecule has 1 atom stereocenters. The summed E-state index contributed by atoms with van der Waals surface area (Å²) in [4.78, 5) is 40.8.